The Balaban J connectivity index is 1.48. The van der Waals surface area contributed by atoms with E-state index >= 15 is 0 Å². The predicted octanol–water partition coefficient (Wildman–Crippen LogP) is 4.58. The number of thiazole rings is 1. The Labute approximate surface area is 189 Å². The zero-order valence-electron chi connectivity index (χ0n) is 17.1. The Hall–Kier alpha value is -3.14. The van der Waals surface area contributed by atoms with Crippen molar-refractivity contribution < 1.29 is 17.6 Å². The van der Waals surface area contributed by atoms with E-state index in [0.717, 1.165) is 39.0 Å². The van der Waals surface area contributed by atoms with E-state index in [1.54, 1.807) is 30.4 Å². The number of carbonyl (C=O) groups is 1. The Morgan fingerprint density at radius 2 is 1.81 bits per heavy atom. The number of hydrogen-bond acceptors (Lipinski definition) is 5. The van der Waals surface area contributed by atoms with Gasteiger partial charge in [0, 0.05) is 18.7 Å². The van der Waals surface area contributed by atoms with Crippen molar-refractivity contribution in [2.75, 3.05) is 11.9 Å². The zero-order chi connectivity index (χ0) is 22.7. The molecule has 0 aliphatic heterocycles. The monoisotopic (exact) mass is 469 g/mol. The fourth-order valence-electron chi connectivity index (χ4n) is 3.19. The quantitative estimate of drug-likeness (QED) is 0.415. The summed E-state index contributed by atoms with van der Waals surface area (Å²) in [7, 11) is -3.80. The minimum absolute atomic E-state index is 0.169. The summed E-state index contributed by atoms with van der Waals surface area (Å²) in [5.41, 5.74) is 2.12. The molecule has 0 saturated carbocycles. The highest BCUT2D eigenvalue weighted by Gasteiger charge is 2.19. The average Bonchev–Trinajstić information content (AvgIpc) is 3.17. The lowest BCUT2D eigenvalue weighted by molar-refractivity contribution is 0.102. The SMILES string of the molecule is CCNS(=O)(=O)c1ccc(F)c(C(=O)Nc2ccc(Cc3nc4ccccc4s3)cc2)c1. The van der Waals surface area contributed by atoms with Crippen LogP contribution < -0.4 is 10.0 Å². The average molecular weight is 470 g/mol. The molecule has 4 rings (SSSR count). The molecular formula is C23H20FN3O3S2. The maximum atomic E-state index is 14.2. The lowest BCUT2D eigenvalue weighted by atomic mass is 10.1. The van der Waals surface area contributed by atoms with Crippen LogP contribution in [-0.2, 0) is 16.4 Å². The van der Waals surface area contributed by atoms with Crippen molar-refractivity contribution in [1.82, 2.24) is 9.71 Å². The van der Waals surface area contributed by atoms with Gasteiger partial charge in [-0.05, 0) is 48.0 Å². The first-order valence-electron chi connectivity index (χ1n) is 9.89. The molecule has 0 radical (unpaired) electrons. The first kappa shape index (κ1) is 22.1. The van der Waals surface area contributed by atoms with Crippen LogP contribution >= 0.6 is 11.3 Å². The molecule has 0 unspecified atom stereocenters. The highest BCUT2D eigenvalue weighted by atomic mass is 32.2. The number of aromatic nitrogens is 1. The van der Waals surface area contributed by atoms with Crippen molar-refractivity contribution in [2.24, 2.45) is 0 Å². The number of benzene rings is 3. The largest absolute Gasteiger partial charge is 0.322 e. The standard InChI is InChI=1S/C23H20FN3O3S2/c1-2-25-32(29,30)17-11-12-19(24)18(14-17)23(28)26-16-9-7-15(8-10-16)13-22-27-20-5-3-4-6-21(20)31-22/h3-12,14,25H,2,13H2,1H3,(H,26,28). The van der Waals surface area contributed by atoms with Crippen molar-refractivity contribution in [3.8, 4) is 0 Å². The normalized spacial score (nSPS) is 11.6. The number of amides is 1. The molecule has 0 aliphatic rings. The molecule has 0 atom stereocenters. The first-order chi connectivity index (χ1) is 15.4. The smallest absolute Gasteiger partial charge is 0.258 e. The third-order valence-electron chi connectivity index (χ3n) is 4.73. The van der Waals surface area contributed by atoms with Gasteiger partial charge in [-0.1, -0.05) is 31.2 Å². The second-order valence-corrected chi connectivity index (χ2v) is 9.93. The predicted molar refractivity (Wildman–Crippen MR) is 124 cm³/mol. The summed E-state index contributed by atoms with van der Waals surface area (Å²) in [6, 6.07) is 18.3. The second kappa shape index (κ2) is 9.15. The van der Waals surface area contributed by atoms with Gasteiger partial charge in [-0.25, -0.2) is 22.5 Å². The summed E-state index contributed by atoms with van der Waals surface area (Å²) in [6.45, 7) is 1.82. The Morgan fingerprint density at radius 3 is 2.53 bits per heavy atom. The Morgan fingerprint density at radius 1 is 1.06 bits per heavy atom. The maximum absolute atomic E-state index is 14.2. The van der Waals surface area contributed by atoms with Crippen molar-refractivity contribution >= 4 is 43.2 Å². The van der Waals surface area contributed by atoms with Crippen LogP contribution in [-0.4, -0.2) is 25.9 Å². The molecule has 3 aromatic carbocycles. The van der Waals surface area contributed by atoms with Crippen LogP contribution in [0.4, 0.5) is 10.1 Å². The summed E-state index contributed by atoms with van der Waals surface area (Å²) >= 11 is 1.64. The topological polar surface area (TPSA) is 88.2 Å². The van der Waals surface area contributed by atoms with Gasteiger partial charge in [0.25, 0.3) is 5.91 Å². The lowest BCUT2D eigenvalue weighted by Gasteiger charge is -2.10. The van der Waals surface area contributed by atoms with Gasteiger partial charge in [0.2, 0.25) is 10.0 Å². The van der Waals surface area contributed by atoms with Crippen LogP contribution in [0.25, 0.3) is 10.2 Å². The van der Waals surface area contributed by atoms with Crippen molar-refractivity contribution in [1.29, 1.82) is 0 Å². The molecule has 0 bridgehead atoms. The number of hydrogen-bond donors (Lipinski definition) is 2. The summed E-state index contributed by atoms with van der Waals surface area (Å²) < 4.78 is 42.0. The fraction of sp³-hybridized carbons (Fsp3) is 0.130. The van der Waals surface area contributed by atoms with E-state index in [0.29, 0.717) is 12.1 Å². The van der Waals surface area contributed by atoms with Gasteiger partial charge in [-0.2, -0.15) is 0 Å². The molecule has 0 aliphatic carbocycles. The van der Waals surface area contributed by atoms with Crippen molar-refractivity contribution in [2.45, 2.75) is 18.2 Å². The molecule has 32 heavy (non-hydrogen) atoms. The third-order valence-corrected chi connectivity index (χ3v) is 7.31. The molecular weight excluding hydrogens is 449 g/mol. The number of anilines is 1. The van der Waals surface area contributed by atoms with Crippen molar-refractivity contribution in [3.05, 3.63) is 88.7 Å². The number of nitrogens with zero attached hydrogens (tertiary/aromatic N) is 1. The molecule has 4 aromatic rings. The molecule has 0 spiro atoms. The number of carbonyl (C=O) groups excluding carboxylic acids is 1. The van der Waals surface area contributed by atoms with E-state index in [1.165, 1.54) is 0 Å². The third kappa shape index (κ3) is 4.85. The summed E-state index contributed by atoms with van der Waals surface area (Å²) in [5, 5.41) is 3.60. The van der Waals surface area contributed by atoms with Gasteiger partial charge in [-0.3, -0.25) is 4.79 Å². The van der Waals surface area contributed by atoms with Crippen LogP contribution in [0.2, 0.25) is 0 Å². The zero-order valence-corrected chi connectivity index (χ0v) is 18.8. The number of nitrogens with one attached hydrogen (secondary N) is 2. The fourth-order valence-corrected chi connectivity index (χ4v) is 5.26. The van der Waals surface area contributed by atoms with Crippen LogP contribution in [0, 0.1) is 5.82 Å². The highest BCUT2D eigenvalue weighted by molar-refractivity contribution is 7.89. The van der Waals surface area contributed by atoms with Gasteiger partial charge in [-0.15, -0.1) is 11.3 Å². The molecule has 1 amide bonds. The molecule has 164 valence electrons. The lowest BCUT2D eigenvalue weighted by Crippen LogP contribution is -2.24. The molecule has 9 heteroatoms. The molecule has 6 nitrogen and oxygen atoms in total. The number of halogens is 1. The summed E-state index contributed by atoms with van der Waals surface area (Å²) in [5.74, 6) is -1.53. The van der Waals surface area contributed by atoms with E-state index in [1.807, 2.05) is 36.4 Å². The molecule has 1 heterocycles. The van der Waals surface area contributed by atoms with Crippen LogP contribution in [0.1, 0.15) is 27.9 Å². The Bertz CT molecular complexity index is 1350. The maximum Gasteiger partial charge on any atom is 0.258 e. The van der Waals surface area contributed by atoms with Crippen LogP contribution in [0.3, 0.4) is 0 Å². The van der Waals surface area contributed by atoms with Crippen LogP contribution in [0.15, 0.2) is 71.6 Å². The highest BCUT2D eigenvalue weighted by Crippen LogP contribution is 2.24. The van der Waals surface area contributed by atoms with Gasteiger partial charge in [0.15, 0.2) is 0 Å². The van der Waals surface area contributed by atoms with Crippen molar-refractivity contribution in [3.63, 3.8) is 0 Å². The molecule has 1 aromatic heterocycles. The van der Waals surface area contributed by atoms with E-state index in [-0.39, 0.29) is 17.0 Å². The van der Waals surface area contributed by atoms with Gasteiger partial charge in [0.05, 0.1) is 25.7 Å². The molecule has 0 fully saturated rings. The van der Waals surface area contributed by atoms with Gasteiger partial charge < -0.3 is 5.32 Å². The van der Waals surface area contributed by atoms with E-state index < -0.39 is 21.7 Å². The molecule has 2 N–H and O–H groups in total. The summed E-state index contributed by atoms with van der Waals surface area (Å²) in [4.78, 5) is 17.0. The van der Waals surface area contributed by atoms with E-state index in [4.69, 9.17) is 0 Å². The molecule has 0 saturated heterocycles. The number of para-hydroxylation sites is 1. The van der Waals surface area contributed by atoms with Gasteiger partial charge >= 0.3 is 0 Å². The Kier molecular flexibility index (Phi) is 6.31. The van der Waals surface area contributed by atoms with E-state index in [2.05, 4.69) is 15.0 Å². The first-order valence-corrected chi connectivity index (χ1v) is 12.2. The number of rotatable bonds is 7. The number of fused-ring (bicyclic) bond motifs is 1. The minimum atomic E-state index is -3.80. The summed E-state index contributed by atoms with van der Waals surface area (Å²) in [6.07, 6.45) is 0.659. The van der Waals surface area contributed by atoms with Crippen LogP contribution in [0.5, 0.6) is 0 Å². The second-order valence-electron chi connectivity index (χ2n) is 7.05. The number of sulfonamides is 1. The van der Waals surface area contributed by atoms with E-state index in [9.17, 15) is 17.6 Å². The minimum Gasteiger partial charge on any atom is -0.322 e. The van der Waals surface area contributed by atoms with Gasteiger partial charge in [0.1, 0.15) is 5.82 Å².